The number of carboxylic acid groups (broad SMARTS) is 2. The van der Waals surface area contributed by atoms with Crippen molar-refractivity contribution >= 4 is 11.9 Å². The normalized spacial score (nSPS) is 7.27. The fourth-order valence-electron chi connectivity index (χ4n) is 0.979. The van der Waals surface area contributed by atoms with Crippen LogP contribution in [0, 0.1) is 0 Å². The number of carbonyl (C=O) groups is 2. The Kier molecular flexibility index (Phi) is 19.0. The monoisotopic (exact) mass is 358 g/mol. The molecule has 9 nitrogen and oxygen atoms in total. The zero-order valence-corrected chi connectivity index (χ0v) is 12.0. The average Bonchev–Trinajstić information content (AvgIpc) is 2.41. The Labute approximate surface area is 135 Å². The Morgan fingerprint density at radius 1 is 0.727 bits per heavy atom. The van der Waals surface area contributed by atoms with Gasteiger partial charge < -0.3 is 26.6 Å². The summed E-state index contributed by atoms with van der Waals surface area (Å²) < 4.78 is 0. The van der Waals surface area contributed by atoms with Gasteiger partial charge in [-0.2, -0.15) is 0 Å². The molecule has 0 radical (unpaired) electrons. The van der Waals surface area contributed by atoms with Crippen LogP contribution in [0.3, 0.4) is 0 Å². The smallest absolute Gasteiger partial charge is 0.354 e. The van der Waals surface area contributed by atoms with Crippen LogP contribution >= 0.6 is 0 Å². The number of rotatable bonds is 2. The van der Waals surface area contributed by atoms with Crippen molar-refractivity contribution in [1.29, 1.82) is 0 Å². The van der Waals surface area contributed by atoms with Gasteiger partial charge in [0.05, 0.1) is 0 Å². The van der Waals surface area contributed by atoms with Crippen molar-refractivity contribution in [1.82, 2.24) is 9.97 Å². The summed E-state index contributed by atoms with van der Waals surface area (Å²) in [6.45, 7) is 0. The molecule has 0 saturated carbocycles. The average molecular weight is 359 g/mol. The molecular formula is C12H16N2NiO7. The van der Waals surface area contributed by atoms with Crippen LogP contribution in [-0.2, 0) is 16.5 Å². The topological polar surface area (TPSA) is 195 Å². The van der Waals surface area contributed by atoms with Gasteiger partial charge in [0.2, 0.25) is 0 Å². The molecule has 0 aliphatic rings. The summed E-state index contributed by atoms with van der Waals surface area (Å²) in [5.41, 5.74) is 0.162. The van der Waals surface area contributed by atoms with Gasteiger partial charge in [-0.1, -0.05) is 12.1 Å². The van der Waals surface area contributed by atoms with Crippen molar-refractivity contribution in [2.24, 2.45) is 0 Å². The van der Waals surface area contributed by atoms with Crippen LogP contribution in [-0.4, -0.2) is 48.5 Å². The molecule has 126 valence electrons. The van der Waals surface area contributed by atoms with Crippen molar-refractivity contribution in [2.45, 2.75) is 0 Å². The first-order valence-corrected chi connectivity index (χ1v) is 4.90. The summed E-state index contributed by atoms with van der Waals surface area (Å²) in [7, 11) is 0. The summed E-state index contributed by atoms with van der Waals surface area (Å²) in [5, 5.41) is 16.6. The third-order valence-corrected chi connectivity index (χ3v) is 1.77. The minimum atomic E-state index is -0.990. The van der Waals surface area contributed by atoms with Crippen LogP contribution in [0.15, 0.2) is 48.8 Å². The molecule has 0 amide bonds. The zero-order chi connectivity index (χ0) is 13.4. The van der Waals surface area contributed by atoms with Crippen LogP contribution in [0.2, 0.25) is 0 Å². The van der Waals surface area contributed by atoms with Gasteiger partial charge in [-0.3, -0.25) is 0 Å². The van der Waals surface area contributed by atoms with Crippen molar-refractivity contribution < 1.29 is 52.7 Å². The SMILES string of the molecule is O.O.O.O=C(O)c1ccccn1.O=C(O)c1ccccn1.[Ni]. The molecule has 10 heteroatoms. The van der Waals surface area contributed by atoms with E-state index in [9.17, 15) is 9.59 Å². The maximum atomic E-state index is 10.1. The van der Waals surface area contributed by atoms with E-state index in [0.717, 1.165) is 0 Å². The van der Waals surface area contributed by atoms with Gasteiger partial charge >= 0.3 is 11.9 Å². The van der Waals surface area contributed by atoms with Crippen molar-refractivity contribution in [3.63, 3.8) is 0 Å². The molecular weight excluding hydrogens is 343 g/mol. The Morgan fingerprint density at radius 3 is 1.18 bits per heavy atom. The number of aromatic nitrogens is 2. The Bertz CT molecular complexity index is 476. The van der Waals surface area contributed by atoms with E-state index < -0.39 is 11.9 Å². The van der Waals surface area contributed by atoms with Crippen LogP contribution < -0.4 is 0 Å². The third-order valence-electron chi connectivity index (χ3n) is 1.77. The van der Waals surface area contributed by atoms with Gasteiger partial charge in [0.15, 0.2) is 0 Å². The Hall–Kier alpha value is -2.39. The van der Waals surface area contributed by atoms with Gasteiger partial charge in [-0.25, -0.2) is 19.6 Å². The van der Waals surface area contributed by atoms with Crippen LogP contribution in [0.25, 0.3) is 0 Å². The third kappa shape index (κ3) is 10.4. The molecule has 0 atom stereocenters. The van der Waals surface area contributed by atoms with E-state index >= 15 is 0 Å². The van der Waals surface area contributed by atoms with E-state index in [1.807, 2.05) is 0 Å². The molecule has 0 spiro atoms. The maximum absolute atomic E-state index is 10.1. The molecule has 0 bridgehead atoms. The van der Waals surface area contributed by atoms with Gasteiger partial charge in [-0.05, 0) is 24.3 Å². The standard InChI is InChI=1S/2C6H5NO2.Ni.3H2O/c2*8-6(9)5-3-1-2-4-7-5;;;;/h2*1-4H,(H,8,9);;3*1H2. The summed E-state index contributed by atoms with van der Waals surface area (Å²) in [4.78, 5) is 27.4. The van der Waals surface area contributed by atoms with Crippen molar-refractivity contribution in [3.05, 3.63) is 60.2 Å². The first kappa shape index (κ1) is 27.9. The van der Waals surface area contributed by atoms with Gasteiger partial charge in [0.1, 0.15) is 11.4 Å². The summed E-state index contributed by atoms with van der Waals surface area (Å²) >= 11 is 0. The molecule has 2 aromatic heterocycles. The molecule has 2 heterocycles. The first-order valence-electron chi connectivity index (χ1n) is 4.90. The van der Waals surface area contributed by atoms with E-state index in [-0.39, 0.29) is 44.3 Å². The fraction of sp³-hybridized carbons (Fsp3) is 0. The molecule has 0 aromatic carbocycles. The predicted octanol–water partition coefficient (Wildman–Crippen LogP) is -0.917. The number of aromatic carboxylic acids is 2. The molecule has 0 aliphatic carbocycles. The van der Waals surface area contributed by atoms with E-state index in [4.69, 9.17) is 10.2 Å². The van der Waals surface area contributed by atoms with E-state index in [2.05, 4.69) is 9.97 Å². The summed E-state index contributed by atoms with van der Waals surface area (Å²) in [5.74, 6) is -1.98. The van der Waals surface area contributed by atoms with Crippen LogP contribution in [0.1, 0.15) is 21.0 Å². The van der Waals surface area contributed by atoms with E-state index in [0.29, 0.717) is 0 Å². The number of nitrogens with zero attached hydrogens (tertiary/aromatic N) is 2. The molecule has 8 N–H and O–H groups in total. The second-order valence-electron chi connectivity index (χ2n) is 3.04. The van der Waals surface area contributed by atoms with Gasteiger partial charge in [0.25, 0.3) is 0 Å². The molecule has 22 heavy (non-hydrogen) atoms. The number of pyridine rings is 2. The minimum absolute atomic E-state index is 0. The van der Waals surface area contributed by atoms with Crippen LogP contribution in [0.4, 0.5) is 0 Å². The minimum Gasteiger partial charge on any atom is -0.477 e. The predicted molar refractivity (Wildman–Crippen MR) is 73.2 cm³/mol. The Balaban J connectivity index is -0.000000125. The maximum Gasteiger partial charge on any atom is 0.354 e. The zero-order valence-electron chi connectivity index (χ0n) is 11.0. The van der Waals surface area contributed by atoms with E-state index in [1.54, 1.807) is 24.3 Å². The number of carboxylic acids is 2. The molecule has 2 aromatic rings. The number of hydrogen-bond acceptors (Lipinski definition) is 4. The molecule has 0 saturated heterocycles. The second-order valence-corrected chi connectivity index (χ2v) is 3.04. The molecule has 0 fully saturated rings. The first-order chi connectivity index (χ1) is 8.61. The number of hydrogen-bond donors (Lipinski definition) is 2. The largest absolute Gasteiger partial charge is 0.477 e. The molecule has 0 unspecified atom stereocenters. The van der Waals surface area contributed by atoms with Gasteiger partial charge in [0, 0.05) is 28.9 Å². The van der Waals surface area contributed by atoms with Crippen LogP contribution in [0.5, 0.6) is 0 Å². The second kappa shape index (κ2) is 15.0. The molecule has 2 rings (SSSR count). The Morgan fingerprint density at radius 2 is 1.05 bits per heavy atom. The van der Waals surface area contributed by atoms with Crippen molar-refractivity contribution in [3.8, 4) is 0 Å². The quantitative estimate of drug-likeness (QED) is 0.650. The van der Waals surface area contributed by atoms with Crippen molar-refractivity contribution in [2.75, 3.05) is 0 Å². The van der Waals surface area contributed by atoms with E-state index in [1.165, 1.54) is 24.5 Å². The fourth-order valence-corrected chi connectivity index (χ4v) is 0.979. The molecule has 0 aliphatic heterocycles. The summed E-state index contributed by atoms with van der Waals surface area (Å²) in [6.07, 6.45) is 2.90. The summed E-state index contributed by atoms with van der Waals surface area (Å²) in [6, 6.07) is 9.51. The van der Waals surface area contributed by atoms with Gasteiger partial charge in [-0.15, -0.1) is 0 Å².